The smallest absolute Gasteiger partial charge is 0.122 e. The summed E-state index contributed by atoms with van der Waals surface area (Å²) in [5.41, 5.74) is 1.08. The van der Waals surface area contributed by atoms with Crippen molar-refractivity contribution in [1.29, 1.82) is 0 Å². The Bertz CT molecular complexity index is 563. The number of nitrogens with zero attached hydrogens (tertiary/aromatic N) is 2. The van der Waals surface area contributed by atoms with Gasteiger partial charge in [0.1, 0.15) is 24.3 Å². The predicted octanol–water partition coefficient (Wildman–Crippen LogP) is 2.36. The summed E-state index contributed by atoms with van der Waals surface area (Å²) in [6.07, 6.45) is 5.60. The summed E-state index contributed by atoms with van der Waals surface area (Å²) in [7, 11) is 0. The van der Waals surface area contributed by atoms with Crippen LogP contribution in [0, 0.1) is 6.92 Å². The van der Waals surface area contributed by atoms with Crippen LogP contribution in [0.3, 0.4) is 0 Å². The number of rotatable bonds is 7. The number of ether oxygens (including phenoxy) is 1. The maximum Gasteiger partial charge on any atom is 0.122 e. The molecule has 0 unspecified atom stereocenters. The van der Waals surface area contributed by atoms with Crippen molar-refractivity contribution in [3.05, 3.63) is 60.7 Å². The maximum atomic E-state index is 10.0. The third-order valence-electron chi connectivity index (χ3n) is 3.10. The van der Waals surface area contributed by atoms with Gasteiger partial charge in [-0.15, -0.1) is 6.58 Å². The third kappa shape index (κ3) is 3.71. The molecule has 0 saturated heterocycles. The molecule has 1 N–H and O–H groups in total. The van der Waals surface area contributed by atoms with E-state index in [2.05, 4.69) is 11.6 Å². The maximum absolute atomic E-state index is 10.0. The van der Waals surface area contributed by atoms with E-state index in [-0.39, 0.29) is 6.61 Å². The minimum absolute atomic E-state index is 0.256. The van der Waals surface area contributed by atoms with Crippen LogP contribution >= 0.6 is 0 Å². The standard InChI is InChI=1S/C16H20N2O2/c1-3-6-14-7-4-5-8-16(14)20-12-15(19)11-18-10-9-17-13(18)2/h3-5,7-10,15,19H,1,6,11-12H2,2H3/t15-/m0/s1. The lowest BCUT2D eigenvalue weighted by Gasteiger charge is -2.15. The number of imidazole rings is 1. The van der Waals surface area contributed by atoms with Gasteiger partial charge in [0, 0.05) is 12.4 Å². The number of aryl methyl sites for hydroxylation is 1. The highest BCUT2D eigenvalue weighted by Gasteiger charge is 2.09. The SMILES string of the molecule is C=CCc1ccccc1OC[C@@H](O)Cn1ccnc1C. The normalized spacial score (nSPS) is 12.1. The molecule has 0 amide bonds. The van der Waals surface area contributed by atoms with E-state index >= 15 is 0 Å². The van der Waals surface area contributed by atoms with Crippen molar-refractivity contribution in [2.45, 2.75) is 26.0 Å². The van der Waals surface area contributed by atoms with E-state index in [9.17, 15) is 5.11 Å². The highest BCUT2D eigenvalue weighted by Crippen LogP contribution is 2.19. The van der Waals surface area contributed by atoms with Gasteiger partial charge in [0.25, 0.3) is 0 Å². The number of hydrogen-bond donors (Lipinski definition) is 1. The molecule has 2 rings (SSSR count). The van der Waals surface area contributed by atoms with Gasteiger partial charge in [0.05, 0.1) is 6.54 Å². The number of allylic oxidation sites excluding steroid dienone is 1. The van der Waals surface area contributed by atoms with E-state index < -0.39 is 6.10 Å². The van der Waals surface area contributed by atoms with Gasteiger partial charge in [-0.05, 0) is 25.0 Å². The average molecular weight is 272 g/mol. The van der Waals surface area contributed by atoms with Crippen molar-refractivity contribution in [3.63, 3.8) is 0 Å². The number of aliphatic hydroxyl groups is 1. The zero-order valence-electron chi connectivity index (χ0n) is 11.7. The Labute approximate surface area is 119 Å². The lowest BCUT2D eigenvalue weighted by molar-refractivity contribution is 0.0915. The fraction of sp³-hybridized carbons (Fsp3) is 0.312. The molecule has 4 nitrogen and oxygen atoms in total. The summed E-state index contributed by atoms with van der Waals surface area (Å²) in [6, 6.07) is 7.81. The van der Waals surface area contributed by atoms with Gasteiger partial charge in [0.2, 0.25) is 0 Å². The molecule has 0 fully saturated rings. The van der Waals surface area contributed by atoms with Gasteiger partial charge in [-0.25, -0.2) is 4.98 Å². The summed E-state index contributed by atoms with van der Waals surface area (Å²) < 4.78 is 7.62. The molecule has 0 saturated carbocycles. The van der Waals surface area contributed by atoms with Crippen molar-refractivity contribution >= 4 is 0 Å². The summed E-state index contributed by atoms with van der Waals surface area (Å²) in [6.45, 7) is 6.38. The van der Waals surface area contributed by atoms with E-state index in [1.807, 2.05) is 48.0 Å². The molecule has 0 bridgehead atoms. The summed E-state index contributed by atoms with van der Waals surface area (Å²) in [4.78, 5) is 4.13. The molecule has 0 aliphatic carbocycles. The van der Waals surface area contributed by atoms with Crippen molar-refractivity contribution in [2.75, 3.05) is 6.61 Å². The Morgan fingerprint density at radius 3 is 2.95 bits per heavy atom. The average Bonchev–Trinajstić information content (AvgIpc) is 2.84. The molecule has 2 aromatic rings. The lowest BCUT2D eigenvalue weighted by atomic mass is 10.1. The first kappa shape index (κ1) is 14.3. The number of para-hydroxylation sites is 1. The summed E-state index contributed by atoms with van der Waals surface area (Å²) in [5.74, 6) is 1.69. The van der Waals surface area contributed by atoms with E-state index in [4.69, 9.17) is 4.74 Å². The molecular formula is C16H20N2O2. The zero-order valence-corrected chi connectivity index (χ0v) is 11.7. The minimum Gasteiger partial charge on any atom is -0.491 e. The largest absolute Gasteiger partial charge is 0.491 e. The monoisotopic (exact) mass is 272 g/mol. The third-order valence-corrected chi connectivity index (χ3v) is 3.10. The number of benzene rings is 1. The van der Waals surface area contributed by atoms with Gasteiger partial charge in [0.15, 0.2) is 0 Å². The molecule has 1 atom stereocenters. The Hall–Kier alpha value is -2.07. The highest BCUT2D eigenvalue weighted by atomic mass is 16.5. The van der Waals surface area contributed by atoms with Crippen molar-refractivity contribution < 1.29 is 9.84 Å². The van der Waals surface area contributed by atoms with E-state index in [0.717, 1.165) is 23.6 Å². The van der Waals surface area contributed by atoms with Gasteiger partial charge < -0.3 is 14.4 Å². The van der Waals surface area contributed by atoms with Crippen LogP contribution < -0.4 is 4.74 Å². The molecule has 20 heavy (non-hydrogen) atoms. The van der Waals surface area contributed by atoms with Gasteiger partial charge >= 0.3 is 0 Å². The summed E-state index contributed by atoms with van der Waals surface area (Å²) >= 11 is 0. The van der Waals surface area contributed by atoms with Crippen molar-refractivity contribution in [1.82, 2.24) is 9.55 Å². The van der Waals surface area contributed by atoms with Crippen molar-refractivity contribution in [2.24, 2.45) is 0 Å². The Balaban J connectivity index is 1.91. The molecular weight excluding hydrogens is 252 g/mol. The summed E-state index contributed by atoms with van der Waals surface area (Å²) in [5, 5.41) is 10.0. The van der Waals surface area contributed by atoms with Crippen LogP contribution in [-0.4, -0.2) is 27.4 Å². The molecule has 0 aliphatic heterocycles. The second kappa shape index (κ2) is 6.91. The molecule has 1 aromatic heterocycles. The van der Waals surface area contributed by atoms with Crippen molar-refractivity contribution in [3.8, 4) is 5.75 Å². The zero-order chi connectivity index (χ0) is 14.4. The fourth-order valence-corrected chi connectivity index (χ4v) is 2.03. The van der Waals surface area contributed by atoms with Gasteiger partial charge in [-0.3, -0.25) is 0 Å². The fourth-order valence-electron chi connectivity index (χ4n) is 2.03. The molecule has 4 heteroatoms. The van der Waals surface area contributed by atoms with Crippen LogP contribution in [0.1, 0.15) is 11.4 Å². The molecule has 0 radical (unpaired) electrons. The van der Waals surface area contributed by atoms with Gasteiger partial charge in [-0.2, -0.15) is 0 Å². The highest BCUT2D eigenvalue weighted by molar-refractivity contribution is 5.34. The Morgan fingerprint density at radius 2 is 2.25 bits per heavy atom. The lowest BCUT2D eigenvalue weighted by Crippen LogP contribution is -2.24. The van der Waals surface area contributed by atoms with Crippen LogP contribution in [0.4, 0.5) is 0 Å². The van der Waals surface area contributed by atoms with Crippen LogP contribution in [-0.2, 0) is 13.0 Å². The molecule has 1 heterocycles. The second-order valence-electron chi connectivity index (χ2n) is 4.69. The van der Waals surface area contributed by atoms with Crippen LogP contribution in [0.15, 0.2) is 49.3 Å². The number of hydrogen-bond acceptors (Lipinski definition) is 3. The first-order valence-electron chi connectivity index (χ1n) is 6.68. The number of aliphatic hydroxyl groups excluding tert-OH is 1. The number of aromatic nitrogens is 2. The van der Waals surface area contributed by atoms with Crippen LogP contribution in [0.25, 0.3) is 0 Å². The topological polar surface area (TPSA) is 47.3 Å². The first-order valence-corrected chi connectivity index (χ1v) is 6.68. The van der Waals surface area contributed by atoms with E-state index in [1.165, 1.54) is 0 Å². The molecule has 0 aliphatic rings. The van der Waals surface area contributed by atoms with Crippen LogP contribution in [0.5, 0.6) is 5.75 Å². The minimum atomic E-state index is -0.570. The predicted molar refractivity (Wildman–Crippen MR) is 78.8 cm³/mol. The molecule has 1 aromatic carbocycles. The second-order valence-corrected chi connectivity index (χ2v) is 4.69. The quantitative estimate of drug-likeness (QED) is 0.787. The van der Waals surface area contributed by atoms with E-state index in [1.54, 1.807) is 6.20 Å². The van der Waals surface area contributed by atoms with E-state index in [0.29, 0.717) is 6.54 Å². The Kier molecular flexibility index (Phi) is 4.96. The van der Waals surface area contributed by atoms with Gasteiger partial charge in [-0.1, -0.05) is 24.3 Å². The Morgan fingerprint density at radius 1 is 1.45 bits per heavy atom. The first-order chi connectivity index (χ1) is 9.70. The molecule has 0 spiro atoms. The molecule has 106 valence electrons. The van der Waals surface area contributed by atoms with Crippen LogP contribution in [0.2, 0.25) is 0 Å².